The molecule has 2 heterocycles. The average Bonchev–Trinajstić information content (AvgIpc) is 2.94. The summed E-state index contributed by atoms with van der Waals surface area (Å²) in [7, 11) is 1.68. The van der Waals surface area contributed by atoms with Gasteiger partial charge in [-0.15, -0.1) is 0 Å². The maximum absolute atomic E-state index is 12.3. The van der Waals surface area contributed by atoms with Crippen LogP contribution in [0.3, 0.4) is 0 Å². The molecule has 2 aliphatic heterocycles. The van der Waals surface area contributed by atoms with Crippen molar-refractivity contribution in [3.63, 3.8) is 0 Å². The van der Waals surface area contributed by atoms with Crippen LogP contribution in [0.5, 0.6) is 0 Å². The molecule has 5 nitrogen and oxygen atoms in total. The van der Waals surface area contributed by atoms with E-state index in [1.807, 2.05) is 18.7 Å². The summed E-state index contributed by atoms with van der Waals surface area (Å²) in [5, 5.41) is 0. The molecule has 2 aliphatic rings. The fourth-order valence-electron chi connectivity index (χ4n) is 2.78. The maximum atomic E-state index is 12.3. The molecular formula is C13H22N2O3. The van der Waals surface area contributed by atoms with Crippen LogP contribution in [0.2, 0.25) is 0 Å². The minimum Gasteiger partial charge on any atom is -0.380 e. The summed E-state index contributed by atoms with van der Waals surface area (Å²) >= 11 is 0. The fourth-order valence-corrected chi connectivity index (χ4v) is 2.78. The zero-order chi connectivity index (χ0) is 13.3. The minimum absolute atomic E-state index is 0.103. The molecule has 2 amide bonds. The second-order valence-electron chi connectivity index (χ2n) is 5.47. The molecule has 0 aromatic rings. The van der Waals surface area contributed by atoms with Gasteiger partial charge in [0.1, 0.15) is 0 Å². The molecule has 2 fully saturated rings. The summed E-state index contributed by atoms with van der Waals surface area (Å²) in [6.45, 7) is 5.97. The second-order valence-corrected chi connectivity index (χ2v) is 5.47. The number of rotatable bonds is 3. The van der Waals surface area contributed by atoms with Crippen molar-refractivity contribution in [3.05, 3.63) is 0 Å². The van der Waals surface area contributed by atoms with Gasteiger partial charge < -0.3 is 14.5 Å². The normalized spacial score (nSPS) is 28.6. The Balaban J connectivity index is 1.93. The number of carbonyl (C=O) groups excluding carboxylic acids is 2. The Morgan fingerprint density at radius 1 is 1.39 bits per heavy atom. The summed E-state index contributed by atoms with van der Waals surface area (Å²) in [6, 6.07) is 0.181. The molecule has 2 rings (SSSR count). The SMILES string of the molecule is COC1CCN(C(=O)C2CC(=O)N(C(C)C)C2)C1. The largest absolute Gasteiger partial charge is 0.380 e. The average molecular weight is 254 g/mol. The molecule has 18 heavy (non-hydrogen) atoms. The quantitative estimate of drug-likeness (QED) is 0.736. The van der Waals surface area contributed by atoms with Crippen LogP contribution in [-0.4, -0.2) is 60.5 Å². The van der Waals surface area contributed by atoms with Crippen LogP contribution in [0.4, 0.5) is 0 Å². The van der Waals surface area contributed by atoms with E-state index in [1.165, 1.54) is 0 Å². The Bertz CT molecular complexity index is 343. The van der Waals surface area contributed by atoms with Gasteiger partial charge in [0.15, 0.2) is 0 Å². The lowest BCUT2D eigenvalue weighted by Gasteiger charge is -2.23. The van der Waals surface area contributed by atoms with Crippen LogP contribution < -0.4 is 0 Å². The lowest BCUT2D eigenvalue weighted by molar-refractivity contribution is -0.135. The van der Waals surface area contributed by atoms with Gasteiger partial charge in [0.2, 0.25) is 11.8 Å². The molecule has 0 aliphatic carbocycles. The highest BCUT2D eigenvalue weighted by Gasteiger charge is 2.39. The first-order valence-corrected chi connectivity index (χ1v) is 6.64. The minimum atomic E-state index is -0.157. The monoisotopic (exact) mass is 254 g/mol. The molecular weight excluding hydrogens is 232 g/mol. The molecule has 0 saturated carbocycles. The van der Waals surface area contributed by atoms with Gasteiger partial charge in [0.05, 0.1) is 12.0 Å². The van der Waals surface area contributed by atoms with Gasteiger partial charge in [0, 0.05) is 39.2 Å². The van der Waals surface area contributed by atoms with Crippen LogP contribution in [0.15, 0.2) is 0 Å². The number of ether oxygens (including phenoxy) is 1. The molecule has 0 radical (unpaired) electrons. The highest BCUT2D eigenvalue weighted by Crippen LogP contribution is 2.24. The van der Waals surface area contributed by atoms with E-state index in [9.17, 15) is 9.59 Å². The maximum Gasteiger partial charge on any atom is 0.228 e. The van der Waals surface area contributed by atoms with Crippen molar-refractivity contribution in [1.29, 1.82) is 0 Å². The predicted octanol–water partition coefficient (Wildman–Crippen LogP) is 0.491. The number of carbonyl (C=O) groups is 2. The van der Waals surface area contributed by atoms with E-state index in [-0.39, 0.29) is 29.9 Å². The van der Waals surface area contributed by atoms with Crippen molar-refractivity contribution in [2.45, 2.75) is 38.8 Å². The van der Waals surface area contributed by atoms with Gasteiger partial charge in [-0.1, -0.05) is 0 Å². The van der Waals surface area contributed by atoms with Crippen LogP contribution in [0.25, 0.3) is 0 Å². The summed E-state index contributed by atoms with van der Waals surface area (Å²) in [6.07, 6.45) is 1.43. The van der Waals surface area contributed by atoms with Gasteiger partial charge in [-0.2, -0.15) is 0 Å². The first kappa shape index (κ1) is 13.3. The first-order valence-electron chi connectivity index (χ1n) is 6.64. The second kappa shape index (κ2) is 5.26. The molecule has 0 N–H and O–H groups in total. The molecule has 102 valence electrons. The van der Waals surface area contributed by atoms with Crippen molar-refractivity contribution < 1.29 is 14.3 Å². The van der Waals surface area contributed by atoms with Gasteiger partial charge in [0.25, 0.3) is 0 Å². The summed E-state index contributed by atoms with van der Waals surface area (Å²) in [4.78, 5) is 27.8. The Morgan fingerprint density at radius 3 is 2.61 bits per heavy atom. The van der Waals surface area contributed by atoms with E-state index < -0.39 is 0 Å². The van der Waals surface area contributed by atoms with E-state index in [2.05, 4.69) is 0 Å². The van der Waals surface area contributed by atoms with Crippen molar-refractivity contribution in [3.8, 4) is 0 Å². The third kappa shape index (κ3) is 2.51. The number of likely N-dealkylation sites (tertiary alicyclic amines) is 2. The lowest BCUT2D eigenvalue weighted by Crippen LogP contribution is -2.37. The Kier molecular flexibility index (Phi) is 3.90. The third-order valence-corrected chi connectivity index (χ3v) is 3.92. The van der Waals surface area contributed by atoms with Crippen molar-refractivity contribution in [2.24, 2.45) is 5.92 Å². The van der Waals surface area contributed by atoms with Crippen molar-refractivity contribution >= 4 is 11.8 Å². The van der Waals surface area contributed by atoms with E-state index in [4.69, 9.17) is 4.74 Å². The molecule has 2 atom stereocenters. The molecule has 0 aromatic heterocycles. The molecule has 0 spiro atoms. The number of methoxy groups -OCH3 is 1. The van der Waals surface area contributed by atoms with Gasteiger partial charge in [-0.3, -0.25) is 9.59 Å². The van der Waals surface area contributed by atoms with Crippen molar-refractivity contribution in [2.75, 3.05) is 26.7 Å². The van der Waals surface area contributed by atoms with Gasteiger partial charge in [-0.25, -0.2) is 0 Å². The van der Waals surface area contributed by atoms with Crippen LogP contribution >= 0.6 is 0 Å². The summed E-state index contributed by atoms with van der Waals surface area (Å²) in [5.74, 6) is 0.0624. The summed E-state index contributed by atoms with van der Waals surface area (Å²) in [5.41, 5.74) is 0. The first-order chi connectivity index (χ1) is 8.52. The van der Waals surface area contributed by atoms with E-state index >= 15 is 0 Å². The Hall–Kier alpha value is -1.10. The topological polar surface area (TPSA) is 49.9 Å². The summed E-state index contributed by atoms with van der Waals surface area (Å²) < 4.78 is 5.26. The Labute approximate surface area is 108 Å². The number of hydrogen-bond donors (Lipinski definition) is 0. The van der Waals surface area contributed by atoms with Crippen LogP contribution in [0.1, 0.15) is 26.7 Å². The molecule has 2 saturated heterocycles. The van der Waals surface area contributed by atoms with Gasteiger partial charge in [-0.05, 0) is 20.3 Å². The lowest BCUT2D eigenvalue weighted by atomic mass is 10.1. The Morgan fingerprint density at radius 2 is 2.11 bits per heavy atom. The third-order valence-electron chi connectivity index (χ3n) is 3.92. The van der Waals surface area contributed by atoms with Crippen LogP contribution in [-0.2, 0) is 14.3 Å². The predicted molar refractivity (Wildman–Crippen MR) is 67.0 cm³/mol. The standard InChI is InChI=1S/C13H22N2O3/c1-9(2)15-7-10(6-12(15)16)13(17)14-5-4-11(8-14)18-3/h9-11H,4-8H2,1-3H3. The smallest absolute Gasteiger partial charge is 0.228 e. The highest BCUT2D eigenvalue weighted by atomic mass is 16.5. The zero-order valence-corrected chi connectivity index (χ0v) is 11.4. The van der Waals surface area contributed by atoms with E-state index in [1.54, 1.807) is 12.0 Å². The van der Waals surface area contributed by atoms with Crippen molar-refractivity contribution in [1.82, 2.24) is 9.80 Å². The molecule has 5 heteroatoms. The number of hydrogen-bond acceptors (Lipinski definition) is 3. The molecule has 0 aromatic carbocycles. The number of nitrogens with zero attached hydrogens (tertiary/aromatic N) is 2. The highest BCUT2D eigenvalue weighted by molar-refractivity contribution is 5.89. The van der Waals surface area contributed by atoms with Crippen LogP contribution in [0, 0.1) is 5.92 Å². The molecule has 2 unspecified atom stereocenters. The van der Waals surface area contributed by atoms with E-state index in [0.29, 0.717) is 19.5 Å². The number of amides is 2. The van der Waals surface area contributed by atoms with E-state index in [0.717, 1.165) is 13.0 Å². The fraction of sp³-hybridized carbons (Fsp3) is 0.846. The van der Waals surface area contributed by atoms with Gasteiger partial charge >= 0.3 is 0 Å². The zero-order valence-electron chi connectivity index (χ0n) is 11.4. The molecule has 0 bridgehead atoms.